The minimum atomic E-state index is -4.28. The lowest BCUT2D eigenvalue weighted by molar-refractivity contribution is -0.125. The van der Waals surface area contributed by atoms with E-state index < -0.39 is 18.7 Å². The van der Waals surface area contributed by atoms with Gasteiger partial charge in [-0.3, -0.25) is 5.10 Å². The zero-order valence-corrected chi connectivity index (χ0v) is 7.43. The molecule has 0 spiro atoms. The molecule has 0 aliphatic heterocycles. The van der Waals surface area contributed by atoms with Crippen molar-refractivity contribution in [3.05, 3.63) is 17.5 Å². The highest BCUT2D eigenvalue weighted by Gasteiger charge is 2.26. The average molecular weight is 223 g/mol. The van der Waals surface area contributed by atoms with Crippen LogP contribution in [0.5, 0.6) is 0 Å². The van der Waals surface area contributed by atoms with E-state index >= 15 is 0 Å². The lowest BCUT2D eigenvalue weighted by Crippen LogP contribution is -2.28. The van der Waals surface area contributed by atoms with Crippen molar-refractivity contribution in [1.82, 2.24) is 15.5 Å². The minimum Gasteiger partial charge on any atom is -0.476 e. The number of rotatable bonds is 4. The number of carboxylic acid groups (broad SMARTS) is 1. The van der Waals surface area contributed by atoms with Crippen LogP contribution in [0, 0.1) is 0 Å². The van der Waals surface area contributed by atoms with Crippen molar-refractivity contribution in [3.8, 4) is 0 Å². The van der Waals surface area contributed by atoms with Gasteiger partial charge in [-0.2, -0.15) is 18.3 Å². The molecule has 0 aliphatic carbocycles. The van der Waals surface area contributed by atoms with Gasteiger partial charge in [-0.05, 0) is 6.07 Å². The molecule has 84 valence electrons. The number of aromatic nitrogens is 2. The highest BCUT2D eigenvalue weighted by Crippen LogP contribution is 2.12. The van der Waals surface area contributed by atoms with Crippen LogP contribution in [0.25, 0.3) is 0 Å². The summed E-state index contributed by atoms with van der Waals surface area (Å²) in [4.78, 5) is 10.4. The molecule has 1 aromatic heterocycles. The van der Waals surface area contributed by atoms with Crippen LogP contribution in [-0.2, 0) is 6.54 Å². The van der Waals surface area contributed by atoms with Gasteiger partial charge in [0, 0.05) is 12.2 Å². The monoisotopic (exact) mass is 223 g/mol. The van der Waals surface area contributed by atoms with E-state index in [0.717, 1.165) is 0 Å². The Morgan fingerprint density at radius 2 is 2.27 bits per heavy atom. The molecule has 0 atom stereocenters. The molecular formula is C7H8F3N3O2. The third-order valence-corrected chi connectivity index (χ3v) is 1.49. The van der Waals surface area contributed by atoms with Crippen molar-refractivity contribution in [2.24, 2.45) is 0 Å². The smallest absolute Gasteiger partial charge is 0.401 e. The van der Waals surface area contributed by atoms with Gasteiger partial charge in [-0.15, -0.1) is 0 Å². The molecule has 0 saturated carbocycles. The summed E-state index contributed by atoms with van der Waals surface area (Å²) in [6, 6.07) is 1.17. The number of aromatic amines is 1. The highest BCUT2D eigenvalue weighted by atomic mass is 19.4. The van der Waals surface area contributed by atoms with E-state index in [2.05, 4.69) is 15.5 Å². The Balaban J connectivity index is 2.41. The largest absolute Gasteiger partial charge is 0.476 e. The third kappa shape index (κ3) is 3.98. The molecule has 1 heterocycles. The SMILES string of the molecule is O=C(O)c1cc(CNCC(F)(F)F)[nH]n1. The van der Waals surface area contributed by atoms with Gasteiger partial charge in [0.1, 0.15) is 0 Å². The summed E-state index contributed by atoms with van der Waals surface area (Å²) in [7, 11) is 0. The number of nitrogens with one attached hydrogen (secondary N) is 2. The number of carboxylic acids is 1. The van der Waals surface area contributed by atoms with Gasteiger partial charge in [0.25, 0.3) is 0 Å². The van der Waals surface area contributed by atoms with Gasteiger partial charge < -0.3 is 10.4 Å². The van der Waals surface area contributed by atoms with E-state index in [-0.39, 0.29) is 17.9 Å². The average Bonchev–Trinajstić information content (AvgIpc) is 2.50. The second-order valence-electron chi connectivity index (χ2n) is 2.80. The van der Waals surface area contributed by atoms with Crippen LogP contribution in [0.1, 0.15) is 16.2 Å². The summed E-state index contributed by atoms with van der Waals surface area (Å²) < 4.78 is 35.1. The van der Waals surface area contributed by atoms with E-state index in [1.165, 1.54) is 6.07 Å². The zero-order valence-electron chi connectivity index (χ0n) is 7.43. The van der Waals surface area contributed by atoms with Crippen LogP contribution >= 0.6 is 0 Å². The van der Waals surface area contributed by atoms with Crippen LogP contribution in [0.2, 0.25) is 0 Å². The van der Waals surface area contributed by atoms with E-state index in [1.807, 2.05) is 0 Å². The first-order valence-electron chi connectivity index (χ1n) is 3.93. The summed E-state index contributed by atoms with van der Waals surface area (Å²) in [6.07, 6.45) is -4.28. The number of nitrogens with zero attached hydrogens (tertiary/aromatic N) is 1. The van der Waals surface area contributed by atoms with Crippen molar-refractivity contribution in [2.45, 2.75) is 12.7 Å². The molecule has 0 bridgehead atoms. The number of hydrogen-bond donors (Lipinski definition) is 3. The predicted octanol–water partition coefficient (Wildman–Crippen LogP) is 0.760. The van der Waals surface area contributed by atoms with Crippen molar-refractivity contribution in [1.29, 1.82) is 0 Å². The Morgan fingerprint density at radius 3 is 2.73 bits per heavy atom. The number of aromatic carboxylic acids is 1. The summed E-state index contributed by atoms with van der Waals surface area (Å²) in [6.45, 7) is -1.24. The molecule has 0 amide bonds. The van der Waals surface area contributed by atoms with Gasteiger partial charge >= 0.3 is 12.1 Å². The second kappa shape index (κ2) is 4.30. The first-order chi connectivity index (χ1) is 6.88. The van der Waals surface area contributed by atoms with Gasteiger partial charge in [0.2, 0.25) is 0 Å². The Labute approximate surface area is 82.3 Å². The minimum absolute atomic E-state index is 0.111. The van der Waals surface area contributed by atoms with E-state index in [1.54, 1.807) is 0 Å². The molecule has 3 N–H and O–H groups in total. The highest BCUT2D eigenvalue weighted by molar-refractivity contribution is 5.85. The van der Waals surface area contributed by atoms with E-state index in [0.29, 0.717) is 0 Å². The summed E-state index contributed by atoms with van der Waals surface area (Å²) in [5, 5.41) is 16.3. The fourth-order valence-electron chi connectivity index (χ4n) is 0.901. The summed E-state index contributed by atoms with van der Waals surface area (Å²) in [5.74, 6) is -1.23. The number of carbonyl (C=O) groups is 1. The second-order valence-corrected chi connectivity index (χ2v) is 2.80. The van der Waals surface area contributed by atoms with E-state index in [4.69, 9.17) is 5.11 Å². The number of alkyl halides is 3. The molecule has 1 rings (SSSR count). The first kappa shape index (κ1) is 11.5. The molecule has 0 saturated heterocycles. The molecule has 0 aliphatic rings. The lowest BCUT2D eigenvalue weighted by Gasteiger charge is -2.06. The molecule has 0 unspecified atom stereocenters. The zero-order chi connectivity index (χ0) is 11.5. The Morgan fingerprint density at radius 1 is 1.60 bits per heavy atom. The standard InChI is InChI=1S/C7H8F3N3O2/c8-7(9,10)3-11-2-4-1-5(6(14)15)13-12-4/h1,11H,2-3H2,(H,12,13)(H,14,15). The fraction of sp³-hybridized carbons (Fsp3) is 0.429. The van der Waals surface area contributed by atoms with Crippen LogP contribution in [-0.4, -0.2) is 34.0 Å². The van der Waals surface area contributed by atoms with Crippen LogP contribution in [0.4, 0.5) is 13.2 Å². The Hall–Kier alpha value is -1.57. The third-order valence-electron chi connectivity index (χ3n) is 1.49. The van der Waals surface area contributed by atoms with Gasteiger partial charge in [-0.25, -0.2) is 4.79 Å². The van der Waals surface area contributed by atoms with E-state index in [9.17, 15) is 18.0 Å². The maximum absolute atomic E-state index is 11.7. The molecule has 15 heavy (non-hydrogen) atoms. The normalized spacial score (nSPS) is 11.7. The van der Waals surface area contributed by atoms with Crippen LogP contribution in [0.15, 0.2) is 6.07 Å². The predicted molar refractivity (Wildman–Crippen MR) is 43.3 cm³/mol. The maximum atomic E-state index is 11.7. The van der Waals surface area contributed by atoms with Crippen LogP contribution in [0.3, 0.4) is 0 Å². The fourth-order valence-corrected chi connectivity index (χ4v) is 0.901. The Bertz CT molecular complexity index is 347. The summed E-state index contributed by atoms with van der Waals surface area (Å²) in [5.41, 5.74) is 0.0652. The van der Waals surface area contributed by atoms with Gasteiger partial charge in [0.15, 0.2) is 5.69 Å². The van der Waals surface area contributed by atoms with Gasteiger partial charge in [0.05, 0.1) is 6.54 Å². The van der Waals surface area contributed by atoms with Crippen molar-refractivity contribution in [3.63, 3.8) is 0 Å². The lowest BCUT2D eigenvalue weighted by atomic mass is 10.3. The quantitative estimate of drug-likeness (QED) is 0.704. The van der Waals surface area contributed by atoms with Crippen molar-refractivity contribution < 1.29 is 23.1 Å². The molecular weight excluding hydrogens is 215 g/mol. The molecule has 8 heteroatoms. The molecule has 0 fully saturated rings. The van der Waals surface area contributed by atoms with Crippen molar-refractivity contribution >= 4 is 5.97 Å². The molecule has 1 aromatic rings. The molecule has 5 nitrogen and oxygen atoms in total. The number of halogens is 3. The topological polar surface area (TPSA) is 78.0 Å². The molecule has 0 radical (unpaired) electrons. The Kier molecular flexibility index (Phi) is 3.30. The number of hydrogen-bond acceptors (Lipinski definition) is 3. The van der Waals surface area contributed by atoms with Gasteiger partial charge in [-0.1, -0.05) is 0 Å². The van der Waals surface area contributed by atoms with Crippen molar-refractivity contribution in [2.75, 3.05) is 6.54 Å². The number of H-pyrrole nitrogens is 1. The van der Waals surface area contributed by atoms with Crippen LogP contribution < -0.4 is 5.32 Å². The maximum Gasteiger partial charge on any atom is 0.401 e. The molecule has 0 aromatic carbocycles. The first-order valence-corrected chi connectivity index (χ1v) is 3.93. The summed E-state index contributed by atoms with van der Waals surface area (Å²) >= 11 is 0.